The van der Waals surface area contributed by atoms with Crippen molar-refractivity contribution in [2.24, 2.45) is 14.1 Å². The SMILES string of the molecule is Cn1cc(S(=O)(=O)N2CCN(Cc3cccc4cccnc34)CC2)c(=O)n(C)c1=O. The summed E-state index contributed by atoms with van der Waals surface area (Å²) in [5.74, 6) is 0. The number of nitrogens with zero attached hydrogens (tertiary/aromatic N) is 5. The van der Waals surface area contributed by atoms with Crippen molar-refractivity contribution >= 4 is 20.9 Å². The summed E-state index contributed by atoms with van der Waals surface area (Å²) >= 11 is 0. The summed E-state index contributed by atoms with van der Waals surface area (Å²) in [5, 5.41) is 1.07. The van der Waals surface area contributed by atoms with Crippen LogP contribution < -0.4 is 11.2 Å². The van der Waals surface area contributed by atoms with Gasteiger partial charge in [-0.2, -0.15) is 4.31 Å². The van der Waals surface area contributed by atoms with Gasteiger partial charge < -0.3 is 4.57 Å². The lowest BCUT2D eigenvalue weighted by molar-refractivity contribution is 0.182. The van der Waals surface area contributed by atoms with Crippen molar-refractivity contribution in [3.8, 4) is 0 Å². The van der Waals surface area contributed by atoms with E-state index in [4.69, 9.17) is 0 Å². The summed E-state index contributed by atoms with van der Waals surface area (Å²) in [6.45, 7) is 2.28. The summed E-state index contributed by atoms with van der Waals surface area (Å²) < 4.78 is 29.3. The van der Waals surface area contributed by atoms with Gasteiger partial charge in [0.15, 0.2) is 4.90 Å². The van der Waals surface area contributed by atoms with E-state index >= 15 is 0 Å². The fourth-order valence-corrected chi connectivity index (χ4v) is 5.33. The molecule has 0 aliphatic carbocycles. The molecule has 1 aromatic carbocycles. The minimum Gasteiger partial charge on any atom is -0.302 e. The van der Waals surface area contributed by atoms with Gasteiger partial charge in [0.05, 0.1) is 5.52 Å². The van der Waals surface area contributed by atoms with Crippen LogP contribution in [0.5, 0.6) is 0 Å². The second-order valence-corrected chi connectivity index (χ2v) is 9.33. The van der Waals surface area contributed by atoms with Crippen molar-refractivity contribution in [2.45, 2.75) is 11.4 Å². The number of para-hydroxylation sites is 1. The van der Waals surface area contributed by atoms with Crippen molar-refractivity contribution in [3.63, 3.8) is 0 Å². The van der Waals surface area contributed by atoms with Gasteiger partial charge in [0.25, 0.3) is 5.56 Å². The van der Waals surface area contributed by atoms with Gasteiger partial charge in [0.1, 0.15) is 0 Å². The molecule has 0 spiro atoms. The number of benzene rings is 1. The molecule has 2 aromatic heterocycles. The summed E-state index contributed by atoms with van der Waals surface area (Å²) in [6, 6.07) is 9.97. The van der Waals surface area contributed by atoms with Crippen LogP contribution in [0.3, 0.4) is 0 Å². The van der Waals surface area contributed by atoms with Crippen molar-refractivity contribution in [2.75, 3.05) is 26.2 Å². The van der Waals surface area contributed by atoms with Gasteiger partial charge in [-0.15, -0.1) is 0 Å². The molecule has 0 atom stereocenters. The number of piperazine rings is 1. The van der Waals surface area contributed by atoms with Crippen molar-refractivity contribution < 1.29 is 8.42 Å². The third-order valence-corrected chi connectivity index (χ3v) is 7.36. The Morgan fingerprint density at radius 2 is 1.70 bits per heavy atom. The molecule has 1 aliphatic heterocycles. The number of fused-ring (bicyclic) bond motifs is 1. The molecule has 0 unspecified atom stereocenters. The number of aromatic nitrogens is 3. The topological polar surface area (TPSA) is 97.5 Å². The number of aryl methyl sites for hydroxylation is 1. The van der Waals surface area contributed by atoms with E-state index < -0.39 is 21.3 Å². The van der Waals surface area contributed by atoms with Crippen LogP contribution in [0.1, 0.15) is 5.56 Å². The van der Waals surface area contributed by atoms with Crippen molar-refractivity contribution in [1.82, 2.24) is 23.3 Å². The van der Waals surface area contributed by atoms with Crippen LogP contribution >= 0.6 is 0 Å². The lowest BCUT2D eigenvalue weighted by Gasteiger charge is -2.34. The molecule has 4 rings (SSSR count). The number of hydrogen-bond acceptors (Lipinski definition) is 6. The molecule has 9 nitrogen and oxygen atoms in total. The van der Waals surface area contributed by atoms with Crippen LogP contribution in [0, 0.1) is 0 Å². The van der Waals surface area contributed by atoms with Gasteiger partial charge in [-0.1, -0.05) is 24.3 Å². The second-order valence-electron chi connectivity index (χ2n) is 7.42. The van der Waals surface area contributed by atoms with Crippen molar-refractivity contribution in [3.05, 3.63) is 69.1 Å². The number of hydrogen-bond donors (Lipinski definition) is 0. The third kappa shape index (κ3) is 3.57. The fraction of sp³-hybridized carbons (Fsp3) is 0.350. The quantitative estimate of drug-likeness (QED) is 0.585. The first-order valence-corrected chi connectivity index (χ1v) is 11.0. The zero-order chi connectivity index (χ0) is 21.5. The van der Waals surface area contributed by atoms with Crippen LogP contribution in [-0.2, 0) is 30.7 Å². The monoisotopic (exact) mass is 429 g/mol. The number of rotatable bonds is 4. The minimum atomic E-state index is -3.98. The van der Waals surface area contributed by atoms with Gasteiger partial charge >= 0.3 is 5.69 Å². The Morgan fingerprint density at radius 1 is 1.00 bits per heavy atom. The highest BCUT2D eigenvalue weighted by Gasteiger charge is 2.31. The summed E-state index contributed by atoms with van der Waals surface area (Å²) in [7, 11) is -1.28. The highest BCUT2D eigenvalue weighted by atomic mass is 32.2. The normalized spacial score (nSPS) is 16.2. The number of pyridine rings is 1. The maximum Gasteiger partial charge on any atom is 0.330 e. The van der Waals surface area contributed by atoms with E-state index in [0.29, 0.717) is 19.6 Å². The predicted octanol–water partition coefficient (Wildman–Crippen LogP) is 0.139. The molecule has 3 aromatic rings. The molecule has 3 heterocycles. The minimum absolute atomic E-state index is 0.270. The Bertz CT molecular complexity index is 1320. The molecule has 1 saturated heterocycles. The Morgan fingerprint density at radius 3 is 2.43 bits per heavy atom. The zero-order valence-corrected chi connectivity index (χ0v) is 17.7. The number of sulfonamides is 1. The van der Waals surface area contributed by atoms with Crippen LogP contribution in [0.4, 0.5) is 0 Å². The molecule has 10 heteroatoms. The predicted molar refractivity (Wildman–Crippen MR) is 113 cm³/mol. The molecule has 158 valence electrons. The average Bonchev–Trinajstić information content (AvgIpc) is 2.75. The molecule has 0 saturated carbocycles. The van der Waals surface area contributed by atoms with Gasteiger partial charge in [-0.25, -0.2) is 13.2 Å². The van der Waals surface area contributed by atoms with Crippen LogP contribution in [0.2, 0.25) is 0 Å². The van der Waals surface area contributed by atoms with E-state index in [0.717, 1.165) is 31.8 Å². The molecule has 0 bridgehead atoms. The van der Waals surface area contributed by atoms with E-state index in [1.54, 1.807) is 6.20 Å². The molecule has 0 N–H and O–H groups in total. The van der Waals surface area contributed by atoms with Crippen LogP contribution in [0.15, 0.2) is 57.2 Å². The Balaban J connectivity index is 1.52. The largest absolute Gasteiger partial charge is 0.330 e. The molecule has 1 fully saturated rings. The van der Waals surface area contributed by atoms with E-state index in [1.165, 1.54) is 18.4 Å². The molecular weight excluding hydrogens is 406 g/mol. The van der Waals surface area contributed by atoms with Gasteiger partial charge in [0.2, 0.25) is 10.0 Å². The highest BCUT2D eigenvalue weighted by molar-refractivity contribution is 7.89. The van der Waals surface area contributed by atoms with Gasteiger partial charge in [-0.05, 0) is 11.6 Å². The van der Waals surface area contributed by atoms with Gasteiger partial charge in [0, 0.05) is 64.6 Å². The molecular formula is C20H23N5O4S. The summed E-state index contributed by atoms with van der Waals surface area (Å²) in [5.41, 5.74) is 0.676. The van der Waals surface area contributed by atoms with Crippen molar-refractivity contribution in [1.29, 1.82) is 0 Å². The Kier molecular flexibility index (Phi) is 5.31. The first-order chi connectivity index (χ1) is 14.3. The standard InChI is InChI=1S/C20H23N5O4S/c1-22-14-17(19(26)23(2)20(22)27)30(28,29)25-11-9-24(10-12-25)13-16-6-3-5-15-7-4-8-21-18(15)16/h3-8,14H,9-13H2,1-2H3. The van der Waals surface area contributed by atoms with Crippen LogP contribution in [-0.4, -0.2) is 57.9 Å². The Hall–Kier alpha value is -2.82. The fourth-order valence-electron chi connectivity index (χ4n) is 3.75. The smallest absolute Gasteiger partial charge is 0.302 e. The second kappa shape index (κ2) is 7.78. The van der Waals surface area contributed by atoms with E-state index in [1.807, 2.05) is 30.3 Å². The van der Waals surface area contributed by atoms with Gasteiger partial charge in [-0.3, -0.25) is 19.2 Å². The zero-order valence-electron chi connectivity index (χ0n) is 16.9. The first kappa shape index (κ1) is 20.5. The molecule has 0 radical (unpaired) electrons. The highest BCUT2D eigenvalue weighted by Crippen LogP contribution is 2.20. The molecule has 30 heavy (non-hydrogen) atoms. The van der Waals surface area contributed by atoms with Crippen LogP contribution in [0.25, 0.3) is 10.9 Å². The summed E-state index contributed by atoms with van der Waals surface area (Å²) in [6.07, 6.45) is 2.87. The van der Waals surface area contributed by atoms with E-state index in [2.05, 4.69) is 9.88 Å². The van der Waals surface area contributed by atoms with E-state index in [9.17, 15) is 18.0 Å². The molecule has 1 aliphatic rings. The van der Waals surface area contributed by atoms with E-state index in [-0.39, 0.29) is 18.0 Å². The lowest BCUT2D eigenvalue weighted by atomic mass is 10.1. The lowest BCUT2D eigenvalue weighted by Crippen LogP contribution is -2.50. The first-order valence-electron chi connectivity index (χ1n) is 9.61. The Labute approximate surface area is 173 Å². The maximum absolute atomic E-state index is 13.0. The molecule has 0 amide bonds. The average molecular weight is 430 g/mol. The maximum atomic E-state index is 13.0. The third-order valence-electron chi connectivity index (χ3n) is 5.47. The summed E-state index contributed by atoms with van der Waals surface area (Å²) in [4.78, 5) is 30.5.